The van der Waals surface area contributed by atoms with Crippen molar-refractivity contribution in [1.82, 2.24) is 15.1 Å². The van der Waals surface area contributed by atoms with Crippen LogP contribution in [0.15, 0.2) is 64.4 Å². The van der Waals surface area contributed by atoms with Crippen LogP contribution in [-0.2, 0) is 16.1 Å². The highest BCUT2D eigenvalue weighted by molar-refractivity contribution is 6.10. The van der Waals surface area contributed by atoms with E-state index in [9.17, 15) is 14.0 Å². The number of benzene rings is 1. The van der Waals surface area contributed by atoms with Gasteiger partial charge in [-0.1, -0.05) is 23.4 Å². The molecule has 1 aromatic carbocycles. The van der Waals surface area contributed by atoms with Crippen molar-refractivity contribution in [2.75, 3.05) is 5.32 Å². The number of nitrogens with two attached hydrogens (primary N) is 2. The van der Waals surface area contributed by atoms with Gasteiger partial charge in [-0.3, -0.25) is 14.6 Å². The second-order valence-electron chi connectivity index (χ2n) is 6.23. The fraction of sp³-hybridized carbons (Fsp3) is 0.100. The van der Waals surface area contributed by atoms with E-state index in [0.29, 0.717) is 17.0 Å². The van der Waals surface area contributed by atoms with E-state index in [1.165, 1.54) is 30.7 Å². The van der Waals surface area contributed by atoms with E-state index in [0.717, 1.165) is 0 Å². The number of aromatic nitrogens is 3. The largest absolute Gasteiger partial charge is 0.396 e. The highest BCUT2D eigenvalue weighted by Crippen LogP contribution is 2.12. The number of nitrogens with zero attached hydrogens (tertiary/aromatic N) is 4. The van der Waals surface area contributed by atoms with Gasteiger partial charge >= 0.3 is 0 Å². The number of rotatable bonds is 8. The Bertz CT molecular complexity index is 1140. The summed E-state index contributed by atoms with van der Waals surface area (Å²) in [6.07, 6.45) is 3.73. The van der Waals surface area contributed by atoms with Crippen LogP contribution in [0.5, 0.6) is 0 Å². The van der Waals surface area contributed by atoms with E-state index < -0.39 is 18.2 Å². The number of aliphatic imine (C=N–C) groups is 1. The number of carbonyl (C=O) groups excluding carboxylic acids is 2. The first-order valence-electron chi connectivity index (χ1n) is 8.99. The monoisotopic (exact) mass is 423 g/mol. The maximum atomic E-state index is 13.9. The molecule has 10 nitrogen and oxygen atoms in total. The number of halogens is 1. The molecule has 158 valence electrons. The van der Waals surface area contributed by atoms with Crippen LogP contribution in [0, 0.1) is 5.82 Å². The number of anilines is 1. The quantitative estimate of drug-likeness (QED) is 0.364. The van der Waals surface area contributed by atoms with Crippen molar-refractivity contribution in [1.29, 1.82) is 0 Å². The van der Waals surface area contributed by atoms with E-state index in [1.54, 1.807) is 24.3 Å². The molecular weight excluding hydrogens is 405 g/mol. The summed E-state index contributed by atoms with van der Waals surface area (Å²) in [5.41, 5.74) is 12.3. The predicted octanol–water partition coefficient (Wildman–Crippen LogP) is 1.41. The Morgan fingerprint density at radius 1 is 1.19 bits per heavy atom. The number of nitrogens with one attached hydrogen (secondary N) is 1. The maximum Gasteiger partial charge on any atom is 0.234 e. The van der Waals surface area contributed by atoms with Crippen LogP contribution in [0.1, 0.15) is 23.5 Å². The highest BCUT2D eigenvalue weighted by Gasteiger charge is 2.11. The molecule has 0 radical (unpaired) electrons. The molecule has 0 bridgehead atoms. The second-order valence-corrected chi connectivity index (χ2v) is 6.23. The number of amides is 2. The molecule has 31 heavy (non-hydrogen) atoms. The molecule has 0 spiro atoms. The van der Waals surface area contributed by atoms with Gasteiger partial charge in [0, 0.05) is 17.8 Å². The molecule has 5 N–H and O–H groups in total. The molecule has 0 saturated carbocycles. The van der Waals surface area contributed by atoms with Crippen molar-refractivity contribution in [3.8, 4) is 0 Å². The number of hydrogen-bond donors (Lipinski definition) is 3. The normalized spacial score (nSPS) is 11.9. The molecule has 0 saturated heterocycles. The Labute approximate surface area is 175 Å². The Balaban J connectivity index is 1.86. The standard InChI is InChI=1S/C20H18FN7O3/c21-13-4-2-1-3-12(13)11-25-16(15-6-8-31-28-15)9-14(22)20-24-7-5-18(27-20)26-19(30)10-17(23)29/h1-9H,10-11,22H2,(H2,23,29)(H,24,26,27,30). The third kappa shape index (κ3) is 6.03. The summed E-state index contributed by atoms with van der Waals surface area (Å²) in [6, 6.07) is 9.27. The molecular formula is C20H18FN7O3. The van der Waals surface area contributed by atoms with Gasteiger partial charge < -0.3 is 21.3 Å². The SMILES string of the molecule is NC(=O)CC(=O)Nc1ccnc(C(N)=CC(=NCc2ccccc2F)c2ccon2)n1. The van der Waals surface area contributed by atoms with Crippen molar-refractivity contribution in [2.24, 2.45) is 16.5 Å². The van der Waals surface area contributed by atoms with Gasteiger partial charge in [-0.25, -0.2) is 14.4 Å². The van der Waals surface area contributed by atoms with E-state index >= 15 is 0 Å². The summed E-state index contributed by atoms with van der Waals surface area (Å²) >= 11 is 0. The predicted molar refractivity (Wildman–Crippen MR) is 110 cm³/mol. The molecule has 0 unspecified atom stereocenters. The van der Waals surface area contributed by atoms with Crippen molar-refractivity contribution in [3.05, 3.63) is 77.8 Å². The third-order valence-electron chi connectivity index (χ3n) is 3.89. The lowest BCUT2D eigenvalue weighted by atomic mass is 10.2. The van der Waals surface area contributed by atoms with Crippen LogP contribution in [0.25, 0.3) is 5.70 Å². The number of carbonyl (C=O) groups is 2. The summed E-state index contributed by atoms with van der Waals surface area (Å²) in [7, 11) is 0. The molecule has 0 aliphatic carbocycles. The van der Waals surface area contributed by atoms with Crippen molar-refractivity contribution >= 4 is 29.0 Å². The van der Waals surface area contributed by atoms with Crippen LogP contribution in [-0.4, -0.2) is 32.7 Å². The van der Waals surface area contributed by atoms with Gasteiger partial charge in [-0.15, -0.1) is 0 Å². The zero-order chi connectivity index (χ0) is 22.2. The lowest BCUT2D eigenvalue weighted by Gasteiger charge is -2.06. The zero-order valence-corrected chi connectivity index (χ0v) is 16.2. The average molecular weight is 423 g/mol. The second kappa shape index (κ2) is 9.87. The number of hydrogen-bond acceptors (Lipinski definition) is 8. The number of primary amides is 1. The third-order valence-corrected chi connectivity index (χ3v) is 3.89. The Kier molecular flexibility index (Phi) is 6.78. The molecule has 3 rings (SSSR count). The van der Waals surface area contributed by atoms with Gasteiger partial charge in [0.2, 0.25) is 11.8 Å². The Hall–Kier alpha value is -4.41. The van der Waals surface area contributed by atoms with E-state index in [2.05, 4.69) is 25.4 Å². The van der Waals surface area contributed by atoms with Crippen molar-refractivity contribution < 1.29 is 18.5 Å². The lowest BCUT2D eigenvalue weighted by Crippen LogP contribution is -2.22. The molecule has 2 heterocycles. The first-order chi connectivity index (χ1) is 14.9. The Morgan fingerprint density at radius 2 is 2.00 bits per heavy atom. The molecule has 0 aliphatic heterocycles. The summed E-state index contributed by atoms with van der Waals surface area (Å²) in [4.78, 5) is 35.1. The van der Waals surface area contributed by atoms with Gasteiger partial charge in [0.05, 0.1) is 18.0 Å². The van der Waals surface area contributed by atoms with Crippen LogP contribution >= 0.6 is 0 Å². The topological polar surface area (TPSA) is 162 Å². The van der Waals surface area contributed by atoms with Crippen LogP contribution in [0.3, 0.4) is 0 Å². The van der Waals surface area contributed by atoms with E-state index in [-0.39, 0.29) is 29.7 Å². The minimum atomic E-state index is -0.769. The minimum Gasteiger partial charge on any atom is -0.396 e. The van der Waals surface area contributed by atoms with Crippen molar-refractivity contribution in [3.63, 3.8) is 0 Å². The first kappa shape index (κ1) is 21.3. The van der Waals surface area contributed by atoms with Crippen LogP contribution in [0.2, 0.25) is 0 Å². The summed E-state index contributed by atoms with van der Waals surface area (Å²) in [5.74, 6) is -1.53. The molecule has 3 aromatic rings. The summed E-state index contributed by atoms with van der Waals surface area (Å²) in [5, 5.41) is 6.27. The van der Waals surface area contributed by atoms with Gasteiger partial charge in [0.25, 0.3) is 0 Å². The van der Waals surface area contributed by atoms with Gasteiger partial charge in [-0.05, 0) is 18.2 Å². The molecule has 2 amide bonds. The molecule has 0 atom stereocenters. The molecule has 2 aromatic heterocycles. The maximum absolute atomic E-state index is 13.9. The summed E-state index contributed by atoms with van der Waals surface area (Å²) in [6.45, 7) is 0.0444. The van der Waals surface area contributed by atoms with E-state index in [4.69, 9.17) is 16.0 Å². The smallest absolute Gasteiger partial charge is 0.234 e. The molecule has 11 heteroatoms. The van der Waals surface area contributed by atoms with Crippen molar-refractivity contribution in [2.45, 2.75) is 13.0 Å². The van der Waals surface area contributed by atoms with Crippen LogP contribution in [0.4, 0.5) is 10.2 Å². The van der Waals surface area contributed by atoms with Gasteiger partial charge in [0.15, 0.2) is 5.82 Å². The molecule has 0 fully saturated rings. The van der Waals surface area contributed by atoms with Crippen LogP contribution < -0.4 is 16.8 Å². The van der Waals surface area contributed by atoms with Gasteiger partial charge in [0.1, 0.15) is 30.0 Å². The summed E-state index contributed by atoms with van der Waals surface area (Å²) < 4.78 is 18.8. The first-order valence-corrected chi connectivity index (χ1v) is 8.99. The zero-order valence-electron chi connectivity index (χ0n) is 16.2. The highest BCUT2D eigenvalue weighted by atomic mass is 19.1. The average Bonchev–Trinajstić information content (AvgIpc) is 3.26. The Morgan fingerprint density at radius 3 is 2.71 bits per heavy atom. The fourth-order valence-electron chi connectivity index (χ4n) is 2.47. The molecule has 0 aliphatic rings. The minimum absolute atomic E-state index is 0.0444. The number of allylic oxidation sites excluding steroid dienone is 1. The van der Waals surface area contributed by atoms with Gasteiger partial charge in [-0.2, -0.15) is 0 Å². The van der Waals surface area contributed by atoms with E-state index in [1.807, 2.05) is 0 Å². The lowest BCUT2D eigenvalue weighted by molar-refractivity contribution is -0.124. The fourth-order valence-corrected chi connectivity index (χ4v) is 2.47.